The zero-order chi connectivity index (χ0) is 9.97. The quantitative estimate of drug-likeness (QED) is 0.781. The largest absolute Gasteiger partial charge is 0.351 e. The molecule has 14 heavy (non-hydrogen) atoms. The molecule has 1 N–H and O–H groups in total. The standard InChI is InChI=1S/C10H12N4/c1-7(2)11-10-12-8-5-3-4-6-9(8)13-14-10/h3-7H,1-2H3,(H,11,12,14). The molecule has 2 aromatic rings. The third-order valence-electron chi connectivity index (χ3n) is 1.78. The smallest absolute Gasteiger partial charge is 0.243 e. The van der Waals surface area contributed by atoms with Crippen LogP contribution < -0.4 is 5.32 Å². The van der Waals surface area contributed by atoms with Gasteiger partial charge < -0.3 is 5.32 Å². The lowest BCUT2D eigenvalue weighted by Crippen LogP contribution is -2.13. The molecule has 0 aliphatic rings. The molecule has 1 heterocycles. The van der Waals surface area contributed by atoms with Gasteiger partial charge in [-0.3, -0.25) is 0 Å². The molecule has 4 heteroatoms. The fourth-order valence-electron chi connectivity index (χ4n) is 1.20. The van der Waals surface area contributed by atoms with Gasteiger partial charge in [0, 0.05) is 6.04 Å². The van der Waals surface area contributed by atoms with Gasteiger partial charge in [-0.2, -0.15) is 0 Å². The summed E-state index contributed by atoms with van der Waals surface area (Å²) < 4.78 is 0. The highest BCUT2D eigenvalue weighted by atomic mass is 15.2. The molecule has 1 aromatic heterocycles. The van der Waals surface area contributed by atoms with E-state index in [1.54, 1.807) is 0 Å². The number of hydrogen-bond acceptors (Lipinski definition) is 4. The normalized spacial score (nSPS) is 10.8. The van der Waals surface area contributed by atoms with Crippen LogP contribution in [0.1, 0.15) is 13.8 Å². The Labute approximate surface area is 82.4 Å². The minimum Gasteiger partial charge on any atom is -0.351 e. The molecule has 4 nitrogen and oxygen atoms in total. The summed E-state index contributed by atoms with van der Waals surface area (Å²) in [5.74, 6) is 0.582. The lowest BCUT2D eigenvalue weighted by Gasteiger charge is -2.06. The number of para-hydroxylation sites is 1. The van der Waals surface area contributed by atoms with Crippen LogP contribution in [0.3, 0.4) is 0 Å². The summed E-state index contributed by atoms with van der Waals surface area (Å²) in [6.07, 6.45) is 0. The van der Waals surface area contributed by atoms with Crippen molar-refractivity contribution in [2.24, 2.45) is 0 Å². The molecule has 1 aromatic carbocycles. The molecule has 0 fully saturated rings. The van der Waals surface area contributed by atoms with Crippen molar-refractivity contribution in [2.75, 3.05) is 5.32 Å². The predicted octanol–water partition coefficient (Wildman–Crippen LogP) is 1.85. The highest BCUT2D eigenvalue weighted by Crippen LogP contribution is 2.08. The molecular weight excluding hydrogens is 176 g/mol. The Kier molecular flexibility index (Phi) is 2.26. The van der Waals surface area contributed by atoms with Crippen molar-refractivity contribution < 1.29 is 0 Å². The van der Waals surface area contributed by atoms with E-state index in [-0.39, 0.29) is 0 Å². The molecule has 0 spiro atoms. The minimum absolute atomic E-state index is 0.318. The van der Waals surface area contributed by atoms with Gasteiger partial charge in [0.2, 0.25) is 5.95 Å². The first kappa shape index (κ1) is 8.87. The maximum atomic E-state index is 4.33. The first-order valence-electron chi connectivity index (χ1n) is 4.62. The van der Waals surface area contributed by atoms with Crippen LogP contribution >= 0.6 is 0 Å². The average Bonchev–Trinajstić information content (AvgIpc) is 2.17. The van der Waals surface area contributed by atoms with E-state index in [4.69, 9.17) is 0 Å². The number of nitrogens with one attached hydrogen (secondary N) is 1. The second-order valence-electron chi connectivity index (χ2n) is 3.42. The Morgan fingerprint density at radius 1 is 1.07 bits per heavy atom. The van der Waals surface area contributed by atoms with Gasteiger partial charge in [-0.1, -0.05) is 12.1 Å². The van der Waals surface area contributed by atoms with Gasteiger partial charge in [0.15, 0.2) is 0 Å². The first-order chi connectivity index (χ1) is 6.75. The molecular formula is C10H12N4. The Morgan fingerprint density at radius 2 is 1.79 bits per heavy atom. The third kappa shape index (κ3) is 1.79. The summed E-state index contributed by atoms with van der Waals surface area (Å²) in [5.41, 5.74) is 1.69. The van der Waals surface area contributed by atoms with E-state index in [1.807, 2.05) is 38.1 Å². The molecule has 0 saturated heterocycles. The number of anilines is 1. The molecule has 0 aliphatic carbocycles. The molecule has 0 radical (unpaired) electrons. The van der Waals surface area contributed by atoms with Crippen molar-refractivity contribution in [1.82, 2.24) is 15.2 Å². The SMILES string of the molecule is CC(C)Nc1nnc2ccccc2n1. The van der Waals surface area contributed by atoms with Crippen LogP contribution in [0, 0.1) is 0 Å². The van der Waals surface area contributed by atoms with Crippen molar-refractivity contribution in [1.29, 1.82) is 0 Å². The summed E-state index contributed by atoms with van der Waals surface area (Å²) in [6.45, 7) is 4.08. The van der Waals surface area contributed by atoms with Gasteiger partial charge in [0.25, 0.3) is 0 Å². The lowest BCUT2D eigenvalue weighted by molar-refractivity contribution is 0.861. The number of nitrogens with zero attached hydrogens (tertiary/aromatic N) is 3. The third-order valence-corrected chi connectivity index (χ3v) is 1.78. The van der Waals surface area contributed by atoms with Crippen LogP contribution in [0.25, 0.3) is 11.0 Å². The second-order valence-corrected chi connectivity index (χ2v) is 3.42. The summed E-state index contributed by atoms with van der Waals surface area (Å²) in [7, 11) is 0. The van der Waals surface area contributed by atoms with Crippen LogP contribution in [-0.4, -0.2) is 21.2 Å². The highest BCUT2D eigenvalue weighted by molar-refractivity contribution is 5.74. The molecule has 2 rings (SSSR count). The van der Waals surface area contributed by atoms with Gasteiger partial charge in [0.05, 0.1) is 5.52 Å². The second kappa shape index (κ2) is 3.57. The Morgan fingerprint density at radius 3 is 2.50 bits per heavy atom. The molecule has 0 atom stereocenters. The zero-order valence-corrected chi connectivity index (χ0v) is 8.23. The monoisotopic (exact) mass is 188 g/mol. The lowest BCUT2D eigenvalue weighted by atomic mass is 10.3. The van der Waals surface area contributed by atoms with Crippen LogP contribution in [0.2, 0.25) is 0 Å². The van der Waals surface area contributed by atoms with Gasteiger partial charge >= 0.3 is 0 Å². The molecule has 0 aliphatic heterocycles. The number of aromatic nitrogens is 3. The molecule has 0 amide bonds. The molecule has 0 saturated carbocycles. The van der Waals surface area contributed by atoms with Gasteiger partial charge in [-0.25, -0.2) is 4.98 Å². The maximum absolute atomic E-state index is 4.33. The maximum Gasteiger partial charge on any atom is 0.243 e. The van der Waals surface area contributed by atoms with Gasteiger partial charge in [0.1, 0.15) is 5.52 Å². The van der Waals surface area contributed by atoms with E-state index in [9.17, 15) is 0 Å². The van der Waals surface area contributed by atoms with Crippen LogP contribution in [0.15, 0.2) is 24.3 Å². The average molecular weight is 188 g/mol. The predicted molar refractivity (Wildman–Crippen MR) is 56.1 cm³/mol. The highest BCUT2D eigenvalue weighted by Gasteiger charge is 2.01. The van der Waals surface area contributed by atoms with E-state index in [0.717, 1.165) is 11.0 Å². The summed E-state index contributed by atoms with van der Waals surface area (Å²) >= 11 is 0. The van der Waals surface area contributed by atoms with Crippen LogP contribution in [0.5, 0.6) is 0 Å². The van der Waals surface area contributed by atoms with Crippen LogP contribution in [-0.2, 0) is 0 Å². The Balaban J connectivity index is 2.41. The fraction of sp³-hybridized carbons (Fsp3) is 0.300. The zero-order valence-electron chi connectivity index (χ0n) is 8.23. The Bertz CT molecular complexity index is 439. The summed E-state index contributed by atoms with van der Waals surface area (Å²) in [6, 6.07) is 8.01. The van der Waals surface area contributed by atoms with Crippen molar-refractivity contribution >= 4 is 17.0 Å². The van der Waals surface area contributed by atoms with Crippen LogP contribution in [0.4, 0.5) is 5.95 Å². The van der Waals surface area contributed by atoms with Crippen molar-refractivity contribution in [2.45, 2.75) is 19.9 Å². The minimum atomic E-state index is 0.318. The van der Waals surface area contributed by atoms with Gasteiger partial charge in [-0.05, 0) is 26.0 Å². The Hall–Kier alpha value is -1.71. The van der Waals surface area contributed by atoms with Crippen molar-refractivity contribution in [3.63, 3.8) is 0 Å². The number of hydrogen-bond donors (Lipinski definition) is 1. The molecule has 72 valence electrons. The van der Waals surface area contributed by atoms with Gasteiger partial charge in [-0.15, -0.1) is 10.2 Å². The van der Waals surface area contributed by atoms with E-state index >= 15 is 0 Å². The summed E-state index contributed by atoms with van der Waals surface area (Å²) in [4.78, 5) is 4.33. The van der Waals surface area contributed by atoms with E-state index in [1.165, 1.54) is 0 Å². The number of benzene rings is 1. The first-order valence-corrected chi connectivity index (χ1v) is 4.62. The summed E-state index contributed by atoms with van der Waals surface area (Å²) in [5, 5.41) is 11.1. The van der Waals surface area contributed by atoms with Crippen molar-refractivity contribution in [3.8, 4) is 0 Å². The number of fused-ring (bicyclic) bond motifs is 1. The fourth-order valence-corrected chi connectivity index (χ4v) is 1.20. The molecule has 0 bridgehead atoms. The number of rotatable bonds is 2. The van der Waals surface area contributed by atoms with E-state index in [2.05, 4.69) is 20.5 Å². The van der Waals surface area contributed by atoms with Crippen molar-refractivity contribution in [3.05, 3.63) is 24.3 Å². The van der Waals surface area contributed by atoms with E-state index < -0.39 is 0 Å². The topological polar surface area (TPSA) is 50.7 Å². The van der Waals surface area contributed by atoms with E-state index in [0.29, 0.717) is 12.0 Å². The molecule has 0 unspecified atom stereocenters.